The maximum atomic E-state index is 11.3. The fourth-order valence-corrected chi connectivity index (χ4v) is 2.11. The number of hydrogen-bond acceptors (Lipinski definition) is 4. The van der Waals surface area contributed by atoms with Crippen LogP contribution in [0, 0.1) is 10.5 Å². The van der Waals surface area contributed by atoms with E-state index in [0.29, 0.717) is 12.4 Å². The van der Waals surface area contributed by atoms with Gasteiger partial charge in [0.1, 0.15) is 18.1 Å². The van der Waals surface area contributed by atoms with Crippen LogP contribution in [0.2, 0.25) is 0 Å². The van der Waals surface area contributed by atoms with Crippen LogP contribution >= 0.6 is 22.6 Å². The molecule has 0 radical (unpaired) electrons. The summed E-state index contributed by atoms with van der Waals surface area (Å²) in [4.78, 5) is 11.3. The minimum absolute atomic E-state index is 0.182. The van der Waals surface area contributed by atoms with E-state index in [1.165, 1.54) is 0 Å². The Morgan fingerprint density at radius 1 is 1.47 bits per heavy atom. The van der Waals surface area contributed by atoms with E-state index < -0.39 is 5.91 Å². The zero-order chi connectivity index (χ0) is 13.8. The number of carbonyl (C=O) groups is 1. The Bertz CT molecular complexity index is 595. The molecule has 0 saturated heterocycles. The summed E-state index contributed by atoms with van der Waals surface area (Å²) in [6, 6.07) is 9.35. The Hall–Kier alpha value is -1.54. The molecule has 1 aromatic carbocycles. The Labute approximate surface area is 124 Å². The highest BCUT2D eigenvalue weighted by atomic mass is 127. The molecular weight excluding hydrogens is 359 g/mol. The molecule has 1 aromatic heterocycles. The van der Waals surface area contributed by atoms with Crippen LogP contribution < -0.4 is 16.0 Å². The Kier molecular flexibility index (Phi) is 4.43. The summed E-state index contributed by atoms with van der Waals surface area (Å²) in [5, 5.41) is 0. The minimum atomic E-state index is -0.455. The monoisotopic (exact) mass is 372 g/mol. The molecule has 0 bridgehead atoms. The van der Waals surface area contributed by atoms with E-state index in [1.54, 1.807) is 13.0 Å². The maximum Gasteiger partial charge on any atom is 0.300 e. The summed E-state index contributed by atoms with van der Waals surface area (Å²) < 4.78 is 12.0. The number of nitrogens with two attached hydrogens (primary N) is 1. The number of hydrogen-bond donors (Lipinski definition) is 2. The molecular formula is C13H13IN2O3. The lowest BCUT2D eigenvalue weighted by Crippen LogP contribution is -2.29. The summed E-state index contributed by atoms with van der Waals surface area (Å²) in [5.41, 5.74) is 2.85. The van der Waals surface area contributed by atoms with Gasteiger partial charge < -0.3 is 9.15 Å². The van der Waals surface area contributed by atoms with Crippen molar-refractivity contribution in [3.8, 4) is 5.75 Å². The van der Waals surface area contributed by atoms with Gasteiger partial charge in [0.2, 0.25) is 0 Å². The van der Waals surface area contributed by atoms with Crippen molar-refractivity contribution in [3.05, 3.63) is 51.0 Å². The minimum Gasteiger partial charge on any atom is -0.488 e. The van der Waals surface area contributed by atoms with E-state index in [-0.39, 0.29) is 5.76 Å². The molecule has 0 aliphatic carbocycles. The lowest BCUT2D eigenvalue weighted by atomic mass is 10.2. The second kappa shape index (κ2) is 6.07. The zero-order valence-electron chi connectivity index (χ0n) is 10.3. The van der Waals surface area contributed by atoms with Crippen molar-refractivity contribution in [2.24, 2.45) is 5.84 Å². The van der Waals surface area contributed by atoms with Gasteiger partial charge in [-0.1, -0.05) is 12.1 Å². The molecule has 0 aliphatic rings. The first kappa shape index (κ1) is 13.9. The molecule has 0 spiro atoms. The number of nitrogens with one attached hydrogen (secondary N) is 1. The van der Waals surface area contributed by atoms with Gasteiger partial charge >= 0.3 is 5.91 Å². The first-order valence-corrected chi connectivity index (χ1v) is 6.67. The molecule has 5 nitrogen and oxygen atoms in total. The van der Waals surface area contributed by atoms with Crippen molar-refractivity contribution in [1.29, 1.82) is 0 Å². The van der Waals surface area contributed by atoms with Crippen molar-refractivity contribution >= 4 is 28.5 Å². The number of carbonyl (C=O) groups excluding carboxylic acids is 1. The van der Waals surface area contributed by atoms with Crippen LogP contribution in [0.15, 0.2) is 34.7 Å². The van der Waals surface area contributed by atoms with Gasteiger partial charge in [-0.2, -0.15) is 0 Å². The molecule has 1 heterocycles. The van der Waals surface area contributed by atoms with Crippen molar-refractivity contribution in [2.45, 2.75) is 13.5 Å². The normalized spacial score (nSPS) is 10.3. The van der Waals surface area contributed by atoms with E-state index in [2.05, 4.69) is 22.6 Å². The van der Waals surface area contributed by atoms with Crippen molar-refractivity contribution in [2.75, 3.05) is 0 Å². The van der Waals surface area contributed by atoms with E-state index >= 15 is 0 Å². The first-order chi connectivity index (χ1) is 9.11. The van der Waals surface area contributed by atoms with Crippen molar-refractivity contribution in [1.82, 2.24) is 5.43 Å². The fraction of sp³-hybridized carbons (Fsp3) is 0.154. The Balaban J connectivity index is 2.10. The van der Waals surface area contributed by atoms with Crippen LogP contribution in [0.4, 0.5) is 0 Å². The van der Waals surface area contributed by atoms with E-state index in [9.17, 15) is 4.79 Å². The van der Waals surface area contributed by atoms with Gasteiger partial charge in [0.05, 0.1) is 3.57 Å². The number of para-hydroxylation sites is 1. The largest absolute Gasteiger partial charge is 0.488 e. The molecule has 0 saturated carbocycles. The second-order valence-corrected chi connectivity index (χ2v) is 5.05. The smallest absolute Gasteiger partial charge is 0.300 e. The molecule has 100 valence electrons. The summed E-state index contributed by atoms with van der Waals surface area (Å²) >= 11 is 2.20. The predicted octanol–water partition coefficient (Wildman–Crippen LogP) is 2.38. The van der Waals surface area contributed by atoms with E-state index in [4.69, 9.17) is 15.0 Å². The summed E-state index contributed by atoms with van der Waals surface area (Å²) in [6.07, 6.45) is 0. The highest BCUT2D eigenvalue weighted by molar-refractivity contribution is 14.1. The molecule has 0 unspecified atom stereocenters. The molecule has 2 rings (SSSR count). The van der Waals surface area contributed by atoms with Gasteiger partial charge in [0, 0.05) is 5.56 Å². The summed E-state index contributed by atoms with van der Waals surface area (Å²) in [6.45, 7) is 2.12. The van der Waals surface area contributed by atoms with Crippen molar-refractivity contribution < 1.29 is 13.9 Å². The number of furan rings is 1. The number of halogens is 1. The molecule has 19 heavy (non-hydrogen) atoms. The summed E-state index contributed by atoms with van der Waals surface area (Å²) in [5.74, 6) is 6.23. The highest BCUT2D eigenvalue weighted by Crippen LogP contribution is 2.22. The first-order valence-electron chi connectivity index (χ1n) is 5.59. The van der Waals surface area contributed by atoms with Crippen LogP contribution in [0.3, 0.4) is 0 Å². The van der Waals surface area contributed by atoms with Crippen molar-refractivity contribution in [3.63, 3.8) is 0 Å². The average Bonchev–Trinajstić information content (AvgIpc) is 2.78. The molecule has 2 aromatic rings. The molecule has 0 atom stereocenters. The lowest BCUT2D eigenvalue weighted by Gasteiger charge is -2.06. The van der Waals surface area contributed by atoms with Gasteiger partial charge in [-0.15, -0.1) is 0 Å². The number of benzene rings is 1. The number of ether oxygens (including phenoxy) is 1. The zero-order valence-corrected chi connectivity index (χ0v) is 12.4. The molecule has 0 aliphatic heterocycles. The van der Waals surface area contributed by atoms with Gasteiger partial charge in [-0.25, -0.2) is 5.84 Å². The summed E-state index contributed by atoms with van der Waals surface area (Å²) in [7, 11) is 0. The number of amides is 1. The fourth-order valence-electron chi connectivity index (χ4n) is 1.56. The number of hydrazine groups is 1. The third-order valence-corrected chi connectivity index (χ3v) is 3.49. The maximum absolute atomic E-state index is 11.3. The number of aryl methyl sites for hydroxylation is 1. The van der Waals surface area contributed by atoms with Crippen LogP contribution in [-0.4, -0.2) is 5.91 Å². The van der Waals surface area contributed by atoms with Crippen LogP contribution in [0.25, 0.3) is 0 Å². The number of rotatable bonds is 4. The lowest BCUT2D eigenvalue weighted by molar-refractivity contribution is 0.0924. The molecule has 1 amide bonds. The Morgan fingerprint density at radius 3 is 2.89 bits per heavy atom. The molecule has 6 heteroatoms. The molecule has 0 fully saturated rings. The average molecular weight is 372 g/mol. The topological polar surface area (TPSA) is 77.5 Å². The SMILES string of the molecule is Cc1oc(C(=O)NN)cc1COc1ccccc1I. The highest BCUT2D eigenvalue weighted by Gasteiger charge is 2.14. The van der Waals surface area contributed by atoms with Gasteiger partial charge in [0.25, 0.3) is 0 Å². The van der Waals surface area contributed by atoms with E-state index in [1.807, 2.05) is 29.7 Å². The quantitative estimate of drug-likeness (QED) is 0.374. The van der Waals surface area contributed by atoms with Crippen LogP contribution in [0.1, 0.15) is 21.9 Å². The Morgan fingerprint density at radius 2 is 2.21 bits per heavy atom. The van der Waals surface area contributed by atoms with Crippen LogP contribution in [0.5, 0.6) is 5.75 Å². The van der Waals surface area contributed by atoms with Gasteiger partial charge in [-0.3, -0.25) is 10.2 Å². The molecule has 3 N–H and O–H groups in total. The standard InChI is InChI=1S/C13H13IN2O3/c1-8-9(6-12(19-8)13(17)16-15)7-18-11-5-3-2-4-10(11)14/h2-6H,7,15H2,1H3,(H,16,17). The number of nitrogen functional groups attached to an aromatic ring is 1. The van der Waals surface area contributed by atoms with Crippen LogP contribution in [-0.2, 0) is 6.61 Å². The van der Waals surface area contributed by atoms with E-state index in [0.717, 1.165) is 14.9 Å². The predicted molar refractivity (Wildman–Crippen MR) is 78.6 cm³/mol. The third-order valence-electron chi connectivity index (χ3n) is 2.60. The van der Waals surface area contributed by atoms with Gasteiger partial charge in [0.15, 0.2) is 5.76 Å². The second-order valence-electron chi connectivity index (χ2n) is 3.88. The van der Waals surface area contributed by atoms with Gasteiger partial charge in [-0.05, 0) is 47.7 Å². The third kappa shape index (κ3) is 3.27.